The van der Waals surface area contributed by atoms with Gasteiger partial charge in [-0.2, -0.15) is 0 Å². The van der Waals surface area contributed by atoms with Crippen LogP contribution in [0.3, 0.4) is 0 Å². The number of carbonyl (C=O) groups excluding carboxylic acids is 2. The molecular formula is C16H21N5O3S. The summed E-state index contributed by atoms with van der Waals surface area (Å²) in [5.41, 5.74) is 0. The number of nitrogens with zero attached hydrogens (tertiary/aromatic N) is 3. The minimum Gasteiger partial charge on any atom is -0.424 e. The SMILES string of the molecule is Cc1nnc(CNC(=O)C2CCCN(C(=O)NCc3cccs3)C2)o1. The molecule has 1 aliphatic rings. The Balaban J connectivity index is 1.46. The fourth-order valence-electron chi connectivity index (χ4n) is 2.78. The van der Waals surface area contributed by atoms with Gasteiger partial charge in [0, 0.05) is 24.9 Å². The van der Waals surface area contributed by atoms with E-state index >= 15 is 0 Å². The Hall–Kier alpha value is -2.42. The maximum atomic E-state index is 12.3. The molecule has 0 aromatic carbocycles. The van der Waals surface area contributed by atoms with Crippen LogP contribution in [0.15, 0.2) is 21.9 Å². The van der Waals surface area contributed by atoms with E-state index in [-0.39, 0.29) is 24.4 Å². The molecule has 0 radical (unpaired) electrons. The van der Waals surface area contributed by atoms with Crippen molar-refractivity contribution < 1.29 is 14.0 Å². The standard InChI is InChI=1S/C16H21N5O3S/c1-11-19-20-14(24-11)9-17-15(22)12-4-2-6-21(10-12)16(23)18-8-13-5-3-7-25-13/h3,5,7,12H,2,4,6,8-10H2,1H3,(H,17,22)(H,18,23). The molecule has 1 saturated heterocycles. The van der Waals surface area contributed by atoms with E-state index < -0.39 is 0 Å². The highest BCUT2D eigenvalue weighted by Crippen LogP contribution is 2.17. The number of hydrogen-bond acceptors (Lipinski definition) is 6. The first kappa shape index (κ1) is 17.4. The topological polar surface area (TPSA) is 100 Å². The van der Waals surface area contributed by atoms with E-state index in [1.165, 1.54) is 0 Å². The maximum Gasteiger partial charge on any atom is 0.317 e. The molecule has 2 aromatic rings. The highest BCUT2D eigenvalue weighted by atomic mass is 32.1. The summed E-state index contributed by atoms with van der Waals surface area (Å²) >= 11 is 1.61. The van der Waals surface area contributed by atoms with Gasteiger partial charge in [-0.05, 0) is 24.3 Å². The molecule has 0 saturated carbocycles. The number of thiophene rings is 1. The molecule has 25 heavy (non-hydrogen) atoms. The molecule has 3 rings (SSSR count). The van der Waals surface area contributed by atoms with E-state index in [1.807, 2.05) is 17.5 Å². The number of amides is 3. The number of aryl methyl sites for hydroxylation is 1. The predicted molar refractivity (Wildman–Crippen MR) is 91.7 cm³/mol. The second-order valence-corrected chi connectivity index (χ2v) is 6.99. The maximum absolute atomic E-state index is 12.3. The van der Waals surface area contributed by atoms with Gasteiger partial charge in [0.05, 0.1) is 19.0 Å². The molecule has 1 fully saturated rings. The highest BCUT2D eigenvalue weighted by molar-refractivity contribution is 7.09. The third-order valence-corrected chi connectivity index (χ3v) is 4.93. The Morgan fingerprint density at radius 1 is 1.36 bits per heavy atom. The third-order valence-electron chi connectivity index (χ3n) is 4.06. The van der Waals surface area contributed by atoms with Gasteiger partial charge >= 0.3 is 6.03 Å². The summed E-state index contributed by atoms with van der Waals surface area (Å²) < 4.78 is 5.24. The van der Waals surface area contributed by atoms with Crippen molar-refractivity contribution >= 4 is 23.3 Å². The van der Waals surface area contributed by atoms with E-state index in [4.69, 9.17) is 4.42 Å². The van der Waals surface area contributed by atoms with Crippen LogP contribution in [0.5, 0.6) is 0 Å². The van der Waals surface area contributed by atoms with Crippen molar-refractivity contribution in [3.05, 3.63) is 34.2 Å². The lowest BCUT2D eigenvalue weighted by molar-refractivity contribution is -0.126. The van der Waals surface area contributed by atoms with Crippen LogP contribution in [-0.2, 0) is 17.9 Å². The number of aromatic nitrogens is 2. The average molecular weight is 363 g/mol. The van der Waals surface area contributed by atoms with Gasteiger partial charge in [0.1, 0.15) is 0 Å². The Morgan fingerprint density at radius 3 is 2.96 bits per heavy atom. The van der Waals surface area contributed by atoms with Crippen molar-refractivity contribution in [3.8, 4) is 0 Å². The molecular weight excluding hydrogens is 342 g/mol. The fraction of sp³-hybridized carbons (Fsp3) is 0.500. The zero-order chi connectivity index (χ0) is 17.6. The van der Waals surface area contributed by atoms with Crippen molar-refractivity contribution in [2.75, 3.05) is 13.1 Å². The number of rotatable bonds is 5. The first-order valence-corrected chi connectivity index (χ1v) is 9.11. The Kier molecular flexibility index (Phi) is 5.64. The van der Waals surface area contributed by atoms with E-state index in [2.05, 4.69) is 20.8 Å². The highest BCUT2D eigenvalue weighted by Gasteiger charge is 2.28. The van der Waals surface area contributed by atoms with Crippen LogP contribution in [-0.4, -0.2) is 40.1 Å². The van der Waals surface area contributed by atoms with Gasteiger partial charge in [-0.25, -0.2) is 4.79 Å². The number of likely N-dealkylation sites (tertiary alicyclic amines) is 1. The number of carbonyl (C=O) groups is 2. The molecule has 0 aliphatic carbocycles. The van der Waals surface area contributed by atoms with Gasteiger partial charge in [-0.3, -0.25) is 4.79 Å². The second kappa shape index (κ2) is 8.11. The Morgan fingerprint density at radius 2 is 2.24 bits per heavy atom. The van der Waals surface area contributed by atoms with Gasteiger partial charge in [-0.15, -0.1) is 21.5 Å². The molecule has 3 amide bonds. The Labute approximate surface area is 149 Å². The van der Waals surface area contributed by atoms with E-state index in [0.29, 0.717) is 31.4 Å². The van der Waals surface area contributed by atoms with Gasteiger partial charge in [-0.1, -0.05) is 6.07 Å². The van der Waals surface area contributed by atoms with Crippen molar-refractivity contribution in [2.24, 2.45) is 5.92 Å². The predicted octanol–water partition coefficient (Wildman–Crippen LogP) is 1.68. The van der Waals surface area contributed by atoms with E-state index in [1.54, 1.807) is 23.2 Å². The third kappa shape index (κ3) is 4.79. The molecule has 134 valence electrons. The van der Waals surface area contributed by atoms with Gasteiger partial charge in [0.15, 0.2) is 0 Å². The molecule has 1 atom stereocenters. The molecule has 2 aromatic heterocycles. The summed E-state index contributed by atoms with van der Waals surface area (Å²) in [6.07, 6.45) is 1.58. The molecule has 1 unspecified atom stereocenters. The first-order valence-electron chi connectivity index (χ1n) is 8.23. The molecule has 0 bridgehead atoms. The van der Waals surface area contributed by atoms with E-state index in [0.717, 1.165) is 17.7 Å². The minimum atomic E-state index is -0.217. The second-order valence-electron chi connectivity index (χ2n) is 5.96. The minimum absolute atomic E-state index is 0.0911. The van der Waals surface area contributed by atoms with E-state index in [9.17, 15) is 9.59 Å². The summed E-state index contributed by atoms with van der Waals surface area (Å²) in [7, 11) is 0. The largest absolute Gasteiger partial charge is 0.424 e. The molecule has 1 aliphatic heterocycles. The van der Waals surface area contributed by atoms with Crippen molar-refractivity contribution in [3.63, 3.8) is 0 Å². The number of urea groups is 1. The van der Waals surface area contributed by atoms with Crippen LogP contribution in [0, 0.1) is 12.8 Å². The van der Waals surface area contributed by atoms with Crippen LogP contribution in [0.25, 0.3) is 0 Å². The summed E-state index contributed by atoms with van der Waals surface area (Å²) in [6.45, 7) is 3.52. The van der Waals surface area contributed by atoms with Crippen LogP contribution < -0.4 is 10.6 Å². The Bertz CT molecular complexity index is 715. The smallest absolute Gasteiger partial charge is 0.317 e. The lowest BCUT2D eigenvalue weighted by Gasteiger charge is -2.32. The normalized spacial score (nSPS) is 17.3. The zero-order valence-corrected chi connectivity index (χ0v) is 14.8. The molecule has 8 nitrogen and oxygen atoms in total. The van der Waals surface area contributed by atoms with Gasteiger partial charge < -0.3 is 20.0 Å². The number of nitrogens with one attached hydrogen (secondary N) is 2. The van der Waals surface area contributed by atoms with Crippen LogP contribution >= 0.6 is 11.3 Å². The van der Waals surface area contributed by atoms with Crippen LogP contribution in [0.2, 0.25) is 0 Å². The average Bonchev–Trinajstić information content (AvgIpc) is 3.29. The fourth-order valence-corrected chi connectivity index (χ4v) is 3.42. The molecule has 0 spiro atoms. The van der Waals surface area contributed by atoms with Gasteiger partial charge in [0.25, 0.3) is 0 Å². The quantitative estimate of drug-likeness (QED) is 0.842. The van der Waals surface area contributed by atoms with Crippen molar-refractivity contribution in [2.45, 2.75) is 32.9 Å². The molecule has 2 N–H and O–H groups in total. The van der Waals surface area contributed by atoms with Crippen LogP contribution in [0.4, 0.5) is 4.79 Å². The summed E-state index contributed by atoms with van der Waals surface area (Å²) in [5, 5.41) is 15.3. The van der Waals surface area contributed by atoms with Gasteiger partial charge in [0.2, 0.25) is 17.7 Å². The first-order chi connectivity index (χ1) is 12.1. The number of piperidine rings is 1. The summed E-state index contributed by atoms with van der Waals surface area (Å²) in [5.74, 6) is 0.541. The lowest BCUT2D eigenvalue weighted by atomic mass is 9.97. The summed E-state index contributed by atoms with van der Waals surface area (Å²) in [4.78, 5) is 27.4. The van der Waals surface area contributed by atoms with Crippen molar-refractivity contribution in [1.82, 2.24) is 25.7 Å². The van der Waals surface area contributed by atoms with Crippen molar-refractivity contribution in [1.29, 1.82) is 0 Å². The monoisotopic (exact) mass is 363 g/mol. The zero-order valence-electron chi connectivity index (χ0n) is 14.0. The van der Waals surface area contributed by atoms with Crippen LogP contribution in [0.1, 0.15) is 29.5 Å². The molecule has 9 heteroatoms. The summed E-state index contributed by atoms with van der Waals surface area (Å²) in [6, 6.07) is 3.81. The molecule has 3 heterocycles. The number of hydrogen-bond donors (Lipinski definition) is 2. The lowest BCUT2D eigenvalue weighted by Crippen LogP contribution is -2.48.